The molecule has 0 aliphatic carbocycles. The molecular weight excluding hydrogens is 412 g/mol. The summed E-state index contributed by atoms with van der Waals surface area (Å²) in [7, 11) is 1.13. The number of anilines is 1. The van der Waals surface area contributed by atoms with Crippen LogP contribution in [0.2, 0.25) is 0 Å². The fourth-order valence-corrected chi connectivity index (χ4v) is 3.99. The Labute approximate surface area is 186 Å². The van der Waals surface area contributed by atoms with Crippen LogP contribution in [0.5, 0.6) is 0 Å². The highest BCUT2D eigenvalue weighted by Crippen LogP contribution is 2.46. The van der Waals surface area contributed by atoms with Crippen molar-refractivity contribution in [1.29, 1.82) is 0 Å². The van der Waals surface area contributed by atoms with Crippen LogP contribution in [-0.2, 0) is 19.1 Å². The van der Waals surface area contributed by atoms with E-state index in [0.29, 0.717) is 5.56 Å². The number of Topliss-reactive ketones (excluding diaryl/α,β-unsaturated/α-hetero) is 1. The summed E-state index contributed by atoms with van der Waals surface area (Å²) in [6.45, 7) is 6.33. The highest BCUT2D eigenvalue weighted by atomic mass is 16.6. The van der Waals surface area contributed by atoms with Gasteiger partial charge in [0.25, 0.3) is 0 Å². The lowest BCUT2D eigenvalue weighted by Crippen LogP contribution is -2.66. The zero-order valence-electron chi connectivity index (χ0n) is 18.7. The number of amides is 2. The van der Waals surface area contributed by atoms with Crippen molar-refractivity contribution < 1.29 is 28.7 Å². The number of esters is 1. The van der Waals surface area contributed by atoms with Gasteiger partial charge in [0.1, 0.15) is 5.60 Å². The second-order valence-corrected chi connectivity index (χ2v) is 8.45. The summed E-state index contributed by atoms with van der Waals surface area (Å²) in [6, 6.07) is 13.6. The van der Waals surface area contributed by atoms with E-state index in [0.717, 1.165) is 12.0 Å². The third kappa shape index (κ3) is 3.84. The van der Waals surface area contributed by atoms with Crippen LogP contribution in [-0.4, -0.2) is 42.0 Å². The van der Waals surface area contributed by atoms with Crippen LogP contribution in [0.25, 0.3) is 0 Å². The van der Waals surface area contributed by atoms with Gasteiger partial charge in [-0.1, -0.05) is 42.5 Å². The van der Waals surface area contributed by atoms with E-state index in [1.807, 2.05) is 0 Å². The molecule has 8 heteroatoms. The van der Waals surface area contributed by atoms with E-state index in [9.17, 15) is 19.2 Å². The predicted octanol–water partition coefficient (Wildman–Crippen LogP) is 3.41. The normalized spacial score (nSPS) is 18.5. The maximum absolute atomic E-state index is 13.8. The fourth-order valence-electron chi connectivity index (χ4n) is 3.99. The van der Waals surface area contributed by atoms with Crippen LogP contribution in [0.1, 0.15) is 49.7 Å². The number of carbonyl (C=O) groups is 4. The first-order valence-corrected chi connectivity index (χ1v) is 10.1. The van der Waals surface area contributed by atoms with Crippen LogP contribution >= 0.6 is 0 Å². The summed E-state index contributed by atoms with van der Waals surface area (Å²) in [4.78, 5) is 54.0. The van der Waals surface area contributed by atoms with Gasteiger partial charge in [-0.15, -0.1) is 0 Å². The maximum Gasteiger partial charge on any atom is 0.408 e. The van der Waals surface area contributed by atoms with Crippen molar-refractivity contribution in [1.82, 2.24) is 5.32 Å². The molecule has 1 heterocycles. The van der Waals surface area contributed by atoms with Crippen molar-refractivity contribution in [3.63, 3.8) is 0 Å². The van der Waals surface area contributed by atoms with E-state index in [-0.39, 0.29) is 11.3 Å². The molecule has 0 unspecified atom stereocenters. The van der Waals surface area contributed by atoms with Crippen molar-refractivity contribution in [3.8, 4) is 0 Å². The number of fused-ring (bicyclic) bond motifs is 1. The summed E-state index contributed by atoms with van der Waals surface area (Å²) in [5.41, 5.74) is -2.15. The minimum Gasteiger partial charge on any atom is -0.467 e. The van der Waals surface area contributed by atoms with Crippen LogP contribution in [0.3, 0.4) is 0 Å². The quantitative estimate of drug-likeness (QED) is 0.580. The second-order valence-electron chi connectivity index (χ2n) is 8.45. The number of carbonyl (C=O) groups excluding carboxylic acids is 4. The van der Waals surface area contributed by atoms with Crippen LogP contribution in [0, 0.1) is 0 Å². The monoisotopic (exact) mass is 438 g/mol. The lowest BCUT2D eigenvalue weighted by Gasteiger charge is -2.40. The molecule has 0 radical (unpaired) electrons. The molecule has 32 heavy (non-hydrogen) atoms. The van der Waals surface area contributed by atoms with Gasteiger partial charge in [-0.05, 0) is 38.5 Å². The number of methoxy groups -OCH3 is 1. The average molecular weight is 438 g/mol. The molecule has 2 aromatic rings. The van der Waals surface area contributed by atoms with Gasteiger partial charge in [0, 0.05) is 12.5 Å². The van der Waals surface area contributed by atoms with Crippen molar-refractivity contribution in [2.24, 2.45) is 0 Å². The third-order valence-electron chi connectivity index (χ3n) is 5.11. The van der Waals surface area contributed by atoms with Gasteiger partial charge >= 0.3 is 12.1 Å². The number of para-hydroxylation sites is 1. The zero-order valence-corrected chi connectivity index (χ0v) is 18.7. The second kappa shape index (κ2) is 8.45. The minimum atomic E-state index is -2.19. The van der Waals surface area contributed by atoms with Gasteiger partial charge in [0.05, 0.1) is 18.8 Å². The molecule has 1 N–H and O–H groups in total. The standard InChI is InChI=1S/C24H26N2O6/c1-15(27)26-18-14-10-9-13-17(18)20(28)24(26,21(29)31-5)19(16-11-7-6-8-12-16)25-22(30)32-23(2,3)4/h6-14,19H,1-5H3,(H,25,30)/t19-,24+/m0/s1. The first-order valence-electron chi connectivity index (χ1n) is 10.1. The molecule has 0 saturated carbocycles. The highest BCUT2D eigenvalue weighted by molar-refractivity contribution is 6.30. The van der Waals surface area contributed by atoms with Gasteiger partial charge in [-0.25, -0.2) is 9.59 Å². The molecule has 0 fully saturated rings. The Hall–Kier alpha value is -3.68. The first-order chi connectivity index (χ1) is 15.0. The van der Waals surface area contributed by atoms with Crippen molar-refractivity contribution >= 4 is 29.4 Å². The lowest BCUT2D eigenvalue weighted by molar-refractivity contribution is -0.147. The summed E-state index contributed by atoms with van der Waals surface area (Å²) in [5.74, 6) is -2.18. The Morgan fingerprint density at radius 2 is 1.59 bits per heavy atom. The molecule has 0 spiro atoms. The molecule has 1 aliphatic heterocycles. The van der Waals surface area contributed by atoms with Gasteiger partial charge < -0.3 is 14.8 Å². The van der Waals surface area contributed by atoms with Gasteiger partial charge in [0.2, 0.25) is 17.2 Å². The largest absolute Gasteiger partial charge is 0.467 e. The number of benzene rings is 2. The van der Waals surface area contributed by atoms with Crippen molar-refractivity contribution in [2.45, 2.75) is 44.9 Å². The van der Waals surface area contributed by atoms with Crippen LogP contribution in [0.15, 0.2) is 54.6 Å². The number of hydrogen-bond donors (Lipinski definition) is 1. The molecular formula is C24H26N2O6. The summed E-state index contributed by atoms with van der Waals surface area (Å²) in [5, 5.41) is 2.66. The summed E-state index contributed by atoms with van der Waals surface area (Å²) >= 11 is 0. The Bertz CT molecular complexity index is 1060. The summed E-state index contributed by atoms with van der Waals surface area (Å²) in [6.07, 6.45) is -0.845. The Morgan fingerprint density at radius 1 is 1.00 bits per heavy atom. The molecule has 168 valence electrons. The summed E-state index contributed by atoms with van der Waals surface area (Å²) < 4.78 is 10.5. The zero-order chi connectivity index (χ0) is 23.7. The Morgan fingerprint density at radius 3 is 2.16 bits per heavy atom. The maximum atomic E-state index is 13.8. The molecule has 2 aromatic carbocycles. The van der Waals surface area contributed by atoms with Crippen molar-refractivity contribution in [3.05, 3.63) is 65.7 Å². The van der Waals surface area contributed by atoms with E-state index in [1.165, 1.54) is 13.0 Å². The molecule has 0 bridgehead atoms. The van der Waals surface area contributed by atoms with Crippen LogP contribution in [0.4, 0.5) is 10.5 Å². The minimum absolute atomic E-state index is 0.181. The van der Waals surface area contributed by atoms with Crippen LogP contribution < -0.4 is 10.2 Å². The first kappa shape index (κ1) is 23.0. The number of rotatable bonds is 4. The van der Waals surface area contributed by atoms with E-state index in [1.54, 1.807) is 69.3 Å². The van der Waals surface area contributed by atoms with E-state index in [2.05, 4.69) is 5.32 Å². The number of alkyl carbamates (subject to hydrolysis) is 1. The molecule has 2 amide bonds. The number of nitrogens with one attached hydrogen (secondary N) is 1. The number of ether oxygens (including phenoxy) is 2. The Kier molecular flexibility index (Phi) is 6.07. The third-order valence-corrected chi connectivity index (χ3v) is 5.11. The average Bonchev–Trinajstić information content (AvgIpc) is 3.00. The van der Waals surface area contributed by atoms with E-state index < -0.39 is 40.9 Å². The SMILES string of the molecule is COC(=O)[C@@]1([C@@H](NC(=O)OC(C)(C)C)c2ccccc2)C(=O)c2ccccc2N1C(C)=O. The predicted molar refractivity (Wildman–Crippen MR) is 117 cm³/mol. The fraction of sp³-hybridized carbons (Fsp3) is 0.333. The van der Waals surface area contributed by atoms with E-state index >= 15 is 0 Å². The van der Waals surface area contributed by atoms with Gasteiger partial charge in [-0.3, -0.25) is 14.5 Å². The Balaban J connectivity index is 2.28. The number of ketones is 1. The molecule has 8 nitrogen and oxygen atoms in total. The molecule has 1 aliphatic rings. The van der Waals surface area contributed by atoms with E-state index in [4.69, 9.17) is 9.47 Å². The van der Waals surface area contributed by atoms with Gasteiger partial charge in [-0.2, -0.15) is 0 Å². The smallest absolute Gasteiger partial charge is 0.408 e. The number of nitrogens with zero attached hydrogens (tertiary/aromatic N) is 1. The topological polar surface area (TPSA) is 102 Å². The molecule has 3 rings (SSSR count). The van der Waals surface area contributed by atoms with Crippen molar-refractivity contribution in [2.75, 3.05) is 12.0 Å². The molecule has 2 atom stereocenters. The lowest BCUT2D eigenvalue weighted by atomic mass is 9.80. The van der Waals surface area contributed by atoms with Gasteiger partial charge in [0.15, 0.2) is 0 Å². The highest BCUT2D eigenvalue weighted by Gasteiger charge is 2.65. The number of hydrogen-bond acceptors (Lipinski definition) is 6. The molecule has 0 aromatic heterocycles. The molecule has 0 saturated heterocycles.